The zero-order valence-corrected chi connectivity index (χ0v) is 26.6. The van der Waals surface area contributed by atoms with Gasteiger partial charge in [0.1, 0.15) is 11.7 Å². The number of aliphatic hydroxyl groups excluding tert-OH is 2. The van der Waals surface area contributed by atoms with Crippen molar-refractivity contribution >= 4 is 17.7 Å². The van der Waals surface area contributed by atoms with Gasteiger partial charge in [0.25, 0.3) is 0 Å². The van der Waals surface area contributed by atoms with Gasteiger partial charge in [0.05, 0.1) is 12.0 Å². The van der Waals surface area contributed by atoms with Crippen LogP contribution in [-0.4, -0.2) is 63.1 Å². The van der Waals surface area contributed by atoms with Crippen LogP contribution in [0.2, 0.25) is 0 Å². The van der Waals surface area contributed by atoms with Crippen LogP contribution in [0.25, 0.3) is 0 Å². The Morgan fingerprint density at radius 2 is 1.74 bits per heavy atom. The third-order valence-corrected chi connectivity index (χ3v) is 11.1. The molecule has 0 aromatic rings. The summed E-state index contributed by atoms with van der Waals surface area (Å²) in [5, 5.41) is 34.8. The molecule has 1 spiro atoms. The number of allylic oxidation sites excluding steroid dienone is 2. The van der Waals surface area contributed by atoms with E-state index in [1.54, 1.807) is 39.8 Å². The quantitative estimate of drug-likeness (QED) is 0.145. The summed E-state index contributed by atoms with van der Waals surface area (Å²) >= 11 is 0. The van der Waals surface area contributed by atoms with Gasteiger partial charge in [0.2, 0.25) is 0 Å². The first-order chi connectivity index (χ1) is 19.6. The number of esters is 2. The lowest BCUT2D eigenvalue weighted by atomic mass is 9.59. The van der Waals surface area contributed by atoms with Crippen LogP contribution in [0.4, 0.5) is 0 Å². The summed E-state index contributed by atoms with van der Waals surface area (Å²) in [7, 11) is 0. The number of rotatable bonds is 10. The highest BCUT2D eigenvalue weighted by molar-refractivity contribution is 5.96. The second kappa shape index (κ2) is 11.3. The van der Waals surface area contributed by atoms with Gasteiger partial charge in [-0.25, -0.2) is 4.79 Å². The van der Waals surface area contributed by atoms with Gasteiger partial charge in [0.15, 0.2) is 17.5 Å². The van der Waals surface area contributed by atoms with E-state index in [0.29, 0.717) is 24.0 Å². The van der Waals surface area contributed by atoms with Gasteiger partial charge in [-0.3, -0.25) is 9.59 Å². The van der Waals surface area contributed by atoms with Crippen molar-refractivity contribution in [2.75, 3.05) is 6.61 Å². The molecule has 2 bridgehead atoms. The average molecular weight is 587 g/mol. The minimum absolute atomic E-state index is 0.0914. The number of hydrogen-bond acceptors (Lipinski definition) is 8. The number of unbranched alkanes of at least 4 members (excludes halogenated alkanes) is 4. The fraction of sp³-hybridized carbons (Fsp3) is 0.735. The van der Waals surface area contributed by atoms with Crippen molar-refractivity contribution in [2.24, 2.45) is 28.6 Å². The molecule has 42 heavy (non-hydrogen) atoms. The van der Waals surface area contributed by atoms with Gasteiger partial charge in [0, 0.05) is 29.2 Å². The van der Waals surface area contributed by atoms with E-state index in [2.05, 4.69) is 6.92 Å². The van der Waals surface area contributed by atoms with E-state index < -0.39 is 64.6 Å². The van der Waals surface area contributed by atoms with Gasteiger partial charge in [-0.15, -0.1) is 0 Å². The number of hydrogen-bond donors (Lipinski definition) is 3. The molecular formula is C34H50O8. The molecule has 0 amide bonds. The largest absolute Gasteiger partial charge is 0.458 e. The summed E-state index contributed by atoms with van der Waals surface area (Å²) < 4.78 is 12.2. The summed E-state index contributed by atoms with van der Waals surface area (Å²) in [6, 6.07) is 0. The number of carbonyl (C=O) groups is 3. The number of ether oxygens (including phenoxy) is 2. The Balaban J connectivity index is 1.77. The Morgan fingerprint density at radius 3 is 2.33 bits per heavy atom. The lowest BCUT2D eigenvalue weighted by molar-refractivity contribution is -0.203. The molecule has 0 saturated heterocycles. The zero-order chi connectivity index (χ0) is 31.4. The zero-order valence-electron chi connectivity index (χ0n) is 26.6. The Hall–Kier alpha value is -2.29. The molecule has 0 aromatic heterocycles. The Labute approximate surface area is 250 Å². The normalized spacial score (nSPS) is 37.8. The fourth-order valence-electron chi connectivity index (χ4n) is 8.42. The second-order valence-corrected chi connectivity index (χ2v) is 14.0. The fourth-order valence-corrected chi connectivity index (χ4v) is 8.42. The summed E-state index contributed by atoms with van der Waals surface area (Å²) in [5.74, 6) is -3.08. The molecule has 234 valence electrons. The molecule has 2 saturated carbocycles. The predicted octanol–water partition coefficient (Wildman–Crippen LogP) is 4.75. The maximum Gasteiger partial charge on any atom is 0.334 e. The average Bonchev–Trinajstić information content (AvgIpc) is 3.32. The second-order valence-electron chi connectivity index (χ2n) is 14.0. The van der Waals surface area contributed by atoms with Crippen molar-refractivity contribution in [3.8, 4) is 0 Å². The number of ketones is 1. The van der Waals surface area contributed by atoms with E-state index in [1.807, 2.05) is 20.8 Å². The molecule has 8 atom stereocenters. The first-order valence-corrected chi connectivity index (χ1v) is 15.6. The highest BCUT2D eigenvalue weighted by Crippen LogP contribution is 2.75. The molecular weight excluding hydrogens is 536 g/mol. The maximum atomic E-state index is 14.8. The van der Waals surface area contributed by atoms with E-state index in [4.69, 9.17) is 9.47 Å². The van der Waals surface area contributed by atoms with E-state index in [9.17, 15) is 29.7 Å². The molecule has 0 unspecified atom stereocenters. The predicted molar refractivity (Wildman–Crippen MR) is 158 cm³/mol. The minimum Gasteiger partial charge on any atom is -0.458 e. The van der Waals surface area contributed by atoms with Gasteiger partial charge in [-0.1, -0.05) is 71.1 Å². The first-order valence-electron chi connectivity index (χ1n) is 15.6. The van der Waals surface area contributed by atoms with E-state index in [1.165, 1.54) is 0 Å². The van der Waals surface area contributed by atoms with Gasteiger partial charge in [-0.2, -0.15) is 0 Å². The lowest BCUT2D eigenvalue weighted by Crippen LogP contribution is -2.66. The van der Waals surface area contributed by atoms with Crippen LogP contribution in [0.3, 0.4) is 0 Å². The van der Waals surface area contributed by atoms with Crippen LogP contribution in [0.15, 0.2) is 34.4 Å². The molecule has 4 aliphatic carbocycles. The molecule has 8 heteroatoms. The standard InChI is InChI=1S/C34H50O8/c1-9-10-11-12-13-14-25(36)42-33-17-21(5)32-16-20(4)29(41-30(39)22(6)19(2)3)34(32,40)27(37)23(18-35)15-24(28(32)38)26(33)31(33,7)8/h15-16,21,24,26-27,29,35,37,40H,9-14,17-18H2,1-8H3/t21-,24+,26-,27-,29+,32+,33+,34+/m1/s1. The van der Waals surface area contributed by atoms with Crippen molar-refractivity contribution in [3.63, 3.8) is 0 Å². The number of aliphatic hydroxyl groups is 3. The third-order valence-electron chi connectivity index (χ3n) is 11.1. The Kier molecular flexibility index (Phi) is 8.80. The third kappa shape index (κ3) is 4.55. The molecule has 2 fully saturated rings. The van der Waals surface area contributed by atoms with Gasteiger partial charge in [-0.05, 0) is 57.6 Å². The maximum absolute atomic E-state index is 14.8. The van der Waals surface area contributed by atoms with Crippen molar-refractivity contribution in [1.82, 2.24) is 0 Å². The molecule has 0 aromatic carbocycles. The number of Topliss-reactive ketones (excluding diaryl/α,β-unsaturated/α-hetero) is 1. The molecule has 0 radical (unpaired) electrons. The van der Waals surface area contributed by atoms with Crippen LogP contribution < -0.4 is 0 Å². The molecule has 0 aliphatic heterocycles. The van der Waals surface area contributed by atoms with E-state index >= 15 is 0 Å². The van der Waals surface area contributed by atoms with Gasteiger partial charge >= 0.3 is 11.9 Å². The summed E-state index contributed by atoms with van der Waals surface area (Å²) in [6.45, 7) is 14.2. The molecule has 4 rings (SSSR count). The molecule has 3 N–H and O–H groups in total. The smallest absolute Gasteiger partial charge is 0.334 e. The van der Waals surface area contributed by atoms with Crippen LogP contribution in [0.1, 0.15) is 100 Å². The number of fused-ring (bicyclic) bond motifs is 3. The summed E-state index contributed by atoms with van der Waals surface area (Å²) in [4.78, 5) is 41.1. The van der Waals surface area contributed by atoms with Crippen molar-refractivity contribution < 1.29 is 39.2 Å². The first kappa shape index (κ1) is 32.6. The van der Waals surface area contributed by atoms with Gasteiger partial charge < -0.3 is 24.8 Å². The topological polar surface area (TPSA) is 130 Å². The molecule has 4 aliphatic rings. The SMILES string of the molecule is CCCCCCCC(=O)O[C@@]12C[C@@H](C)[C@]34C=C(C)[C@H](OC(=O)C(C)=C(C)C)[C@@]3(O)[C@H](O)C(CO)=C[C@H](C4=O)[C@@H]1C2(C)C. The lowest BCUT2D eigenvalue weighted by Gasteiger charge is -2.49. The molecule has 0 heterocycles. The monoisotopic (exact) mass is 586 g/mol. The van der Waals surface area contributed by atoms with Crippen LogP contribution in [0.5, 0.6) is 0 Å². The van der Waals surface area contributed by atoms with Crippen LogP contribution in [-0.2, 0) is 23.9 Å². The summed E-state index contributed by atoms with van der Waals surface area (Å²) in [5.41, 5.74) is -3.74. The van der Waals surface area contributed by atoms with Crippen LogP contribution in [0, 0.1) is 28.6 Å². The minimum atomic E-state index is -2.26. The van der Waals surface area contributed by atoms with E-state index in [-0.39, 0.29) is 17.3 Å². The van der Waals surface area contributed by atoms with E-state index in [0.717, 1.165) is 37.7 Å². The molecule has 8 nitrogen and oxygen atoms in total. The van der Waals surface area contributed by atoms with Crippen molar-refractivity contribution in [1.29, 1.82) is 0 Å². The summed E-state index contributed by atoms with van der Waals surface area (Å²) in [6.07, 6.45) is 5.84. The Bertz CT molecular complexity index is 1220. The van der Waals surface area contributed by atoms with Crippen molar-refractivity contribution in [3.05, 3.63) is 34.4 Å². The Morgan fingerprint density at radius 1 is 1.10 bits per heavy atom. The number of carbonyl (C=O) groups excluding carboxylic acids is 3. The van der Waals surface area contributed by atoms with Crippen molar-refractivity contribution in [2.45, 2.75) is 124 Å². The van der Waals surface area contributed by atoms with Crippen LogP contribution >= 0.6 is 0 Å². The highest BCUT2D eigenvalue weighted by Gasteiger charge is 2.83. The highest BCUT2D eigenvalue weighted by atomic mass is 16.6.